The molecule has 0 aliphatic rings. The number of benzene rings is 2. The average Bonchev–Trinajstić information content (AvgIpc) is 2.32. The summed E-state index contributed by atoms with van der Waals surface area (Å²) < 4.78 is 7.58. The topological polar surface area (TPSA) is 26.3 Å². The van der Waals surface area contributed by atoms with E-state index in [-0.39, 0.29) is 5.78 Å². The number of rotatable bonds is 3. The zero-order valence-electron chi connectivity index (χ0n) is 10.5. The fourth-order valence-electron chi connectivity index (χ4n) is 1.70. The van der Waals surface area contributed by atoms with E-state index in [4.69, 9.17) is 4.74 Å². The predicted molar refractivity (Wildman–Crippen MR) is 83.1 cm³/mol. The first-order valence-corrected chi connectivity index (χ1v) is 7.30. The van der Waals surface area contributed by atoms with Crippen LogP contribution >= 0.6 is 31.9 Å². The minimum absolute atomic E-state index is 0.0262. The van der Waals surface area contributed by atoms with Crippen LogP contribution in [0.15, 0.2) is 45.3 Å². The third-order valence-electron chi connectivity index (χ3n) is 2.68. The fourth-order valence-corrected chi connectivity index (χ4v) is 2.81. The molecule has 2 rings (SSSR count). The molecule has 0 N–H and O–H groups in total. The van der Waals surface area contributed by atoms with Crippen LogP contribution in [0.2, 0.25) is 0 Å². The summed E-state index contributed by atoms with van der Waals surface area (Å²) in [5.41, 5.74) is 1.70. The molecule has 0 spiro atoms. The Morgan fingerprint density at radius 2 is 1.84 bits per heavy atom. The lowest BCUT2D eigenvalue weighted by Crippen LogP contribution is -1.94. The van der Waals surface area contributed by atoms with Crippen LogP contribution in [-0.4, -0.2) is 5.78 Å². The van der Waals surface area contributed by atoms with Crippen molar-refractivity contribution in [2.75, 3.05) is 0 Å². The SMILES string of the molecule is CC(=O)c1ccc(Oc2ccc(Br)cc2C)cc1Br. The van der Waals surface area contributed by atoms with E-state index >= 15 is 0 Å². The predicted octanol–water partition coefficient (Wildman–Crippen LogP) is 5.51. The molecule has 0 aromatic heterocycles. The molecule has 0 fully saturated rings. The maximum atomic E-state index is 11.4. The van der Waals surface area contributed by atoms with Gasteiger partial charge in [-0.1, -0.05) is 15.9 Å². The highest BCUT2D eigenvalue weighted by atomic mass is 79.9. The van der Waals surface area contributed by atoms with Crippen molar-refractivity contribution in [1.29, 1.82) is 0 Å². The Morgan fingerprint density at radius 1 is 1.11 bits per heavy atom. The number of carbonyl (C=O) groups excluding carboxylic acids is 1. The van der Waals surface area contributed by atoms with Crippen molar-refractivity contribution in [3.8, 4) is 11.5 Å². The van der Waals surface area contributed by atoms with Crippen molar-refractivity contribution < 1.29 is 9.53 Å². The first kappa shape index (κ1) is 14.3. The minimum atomic E-state index is 0.0262. The smallest absolute Gasteiger partial charge is 0.160 e. The molecule has 0 amide bonds. The number of halogens is 2. The van der Waals surface area contributed by atoms with E-state index < -0.39 is 0 Å². The summed E-state index contributed by atoms with van der Waals surface area (Å²) in [6.45, 7) is 3.53. The molecule has 2 nitrogen and oxygen atoms in total. The largest absolute Gasteiger partial charge is 0.457 e. The van der Waals surface area contributed by atoms with Gasteiger partial charge in [0.25, 0.3) is 0 Å². The summed E-state index contributed by atoms with van der Waals surface area (Å²) in [7, 11) is 0. The van der Waals surface area contributed by atoms with Crippen molar-refractivity contribution >= 4 is 37.6 Å². The number of carbonyl (C=O) groups is 1. The lowest BCUT2D eigenvalue weighted by molar-refractivity contribution is 0.101. The summed E-state index contributed by atoms with van der Waals surface area (Å²) in [6.07, 6.45) is 0. The Hall–Kier alpha value is -1.13. The van der Waals surface area contributed by atoms with E-state index in [0.717, 1.165) is 20.3 Å². The van der Waals surface area contributed by atoms with Gasteiger partial charge in [0, 0.05) is 14.5 Å². The Bertz CT molecular complexity index is 636. The molecule has 2 aromatic carbocycles. The van der Waals surface area contributed by atoms with Gasteiger partial charge in [0.05, 0.1) is 0 Å². The van der Waals surface area contributed by atoms with Crippen LogP contribution in [0.3, 0.4) is 0 Å². The van der Waals surface area contributed by atoms with Gasteiger partial charge in [0.15, 0.2) is 5.78 Å². The highest BCUT2D eigenvalue weighted by Gasteiger charge is 2.08. The Labute approximate surface area is 129 Å². The maximum absolute atomic E-state index is 11.4. The summed E-state index contributed by atoms with van der Waals surface area (Å²) in [4.78, 5) is 11.4. The van der Waals surface area contributed by atoms with Crippen LogP contribution in [0.4, 0.5) is 0 Å². The van der Waals surface area contributed by atoms with Gasteiger partial charge in [-0.2, -0.15) is 0 Å². The number of ether oxygens (including phenoxy) is 1. The summed E-state index contributed by atoms with van der Waals surface area (Å²) in [6, 6.07) is 11.2. The number of Topliss-reactive ketones (excluding diaryl/α,β-unsaturated/α-hetero) is 1. The molecule has 0 saturated heterocycles. The van der Waals surface area contributed by atoms with Gasteiger partial charge in [-0.15, -0.1) is 0 Å². The van der Waals surface area contributed by atoms with Gasteiger partial charge in [-0.05, 0) is 71.7 Å². The van der Waals surface area contributed by atoms with Crippen molar-refractivity contribution in [2.24, 2.45) is 0 Å². The zero-order valence-corrected chi connectivity index (χ0v) is 13.7. The van der Waals surface area contributed by atoms with Crippen LogP contribution in [0, 0.1) is 6.92 Å². The number of aryl methyl sites for hydroxylation is 1. The first-order valence-electron chi connectivity index (χ1n) is 5.72. The van der Waals surface area contributed by atoms with Crippen LogP contribution in [0.5, 0.6) is 11.5 Å². The second kappa shape index (κ2) is 5.88. The summed E-state index contributed by atoms with van der Waals surface area (Å²) in [5.74, 6) is 1.52. The third-order valence-corrected chi connectivity index (χ3v) is 3.83. The maximum Gasteiger partial charge on any atom is 0.160 e. The molecule has 98 valence electrons. The van der Waals surface area contributed by atoms with E-state index in [1.54, 1.807) is 25.1 Å². The van der Waals surface area contributed by atoms with E-state index in [9.17, 15) is 4.79 Å². The molecule has 0 saturated carbocycles. The highest BCUT2D eigenvalue weighted by Crippen LogP contribution is 2.30. The number of hydrogen-bond acceptors (Lipinski definition) is 2. The van der Waals surface area contributed by atoms with Crippen molar-refractivity contribution in [2.45, 2.75) is 13.8 Å². The number of hydrogen-bond donors (Lipinski definition) is 0. The Balaban J connectivity index is 2.29. The molecule has 0 unspecified atom stereocenters. The van der Waals surface area contributed by atoms with Crippen LogP contribution in [0.25, 0.3) is 0 Å². The van der Waals surface area contributed by atoms with Gasteiger partial charge >= 0.3 is 0 Å². The van der Waals surface area contributed by atoms with E-state index in [1.807, 2.05) is 25.1 Å². The molecule has 0 radical (unpaired) electrons. The van der Waals surface area contributed by atoms with Crippen molar-refractivity contribution in [1.82, 2.24) is 0 Å². The van der Waals surface area contributed by atoms with Gasteiger partial charge in [0.2, 0.25) is 0 Å². The highest BCUT2D eigenvalue weighted by molar-refractivity contribution is 9.10. The normalized spacial score (nSPS) is 10.3. The second-order valence-corrected chi connectivity index (χ2v) is 5.98. The molecule has 4 heteroatoms. The van der Waals surface area contributed by atoms with Gasteiger partial charge in [-0.25, -0.2) is 0 Å². The molecule has 19 heavy (non-hydrogen) atoms. The zero-order chi connectivity index (χ0) is 14.0. The van der Waals surface area contributed by atoms with Crippen molar-refractivity contribution in [3.05, 3.63) is 56.5 Å². The Kier molecular flexibility index (Phi) is 4.42. The average molecular weight is 384 g/mol. The van der Waals surface area contributed by atoms with Crippen LogP contribution in [0.1, 0.15) is 22.8 Å². The third kappa shape index (κ3) is 3.45. The molecule has 2 aromatic rings. The molecule has 0 heterocycles. The summed E-state index contributed by atoms with van der Waals surface area (Å²) in [5, 5.41) is 0. The Morgan fingerprint density at radius 3 is 2.42 bits per heavy atom. The molecular weight excluding hydrogens is 372 g/mol. The van der Waals surface area contributed by atoms with E-state index in [1.165, 1.54) is 0 Å². The lowest BCUT2D eigenvalue weighted by atomic mass is 10.1. The standard InChI is InChI=1S/C15H12Br2O2/c1-9-7-11(16)3-6-15(9)19-12-4-5-13(10(2)18)14(17)8-12/h3-8H,1-2H3. The minimum Gasteiger partial charge on any atom is -0.457 e. The first-order chi connectivity index (χ1) is 8.97. The molecular formula is C15H12Br2O2. The molecule has 0 aliphatic heterocycles. The number of ketones is 1. The lowest BCUT2D eigenvalue weighted by Gasteiger charge is -2.10. The fraction of sp³-hybridized carbons (Fsp3) is 0.133. The van der Waals surface area contributed by atoms with Crippen LogP contribution in [-0.2, 0) is 0 Å². The van der Waals surface area contributed by atoms with Crippen LogP contribution < -0.4 is 4.74 Å². The van der Waals surface area contributed by atoms with E-state index in [0.29, 0.717) is 11.3 Å². The van der Waals surface area contributed by atoms with Crippen molar-refractivity contribution in [3.63, 3.8) is 0 Å². The van der Waals surface area contributed by atoms with Gasteiger partial charge in [0.1, 0.15) is 11.5 Å². The van der Waals surface area contributed by atoms with E-state index in [2.05, 4.69) is 31.9 Å². The molecule has 0 atom stereocenters. The molecule has 0 aliphatic carbocycles. The quantitative estimate of drug-likeness (QED) is 0.652. The molecule has 0 bridgehead atoms. The second-order valence-electron chi connectivity index (χ2n) is 4.21. The monoisotopic (exact) mass is 382 g/mol. The van der Waals surface area contributed by atoms with Gasteiger partial charge in [-0.3, -0.25) is 4.79 Å². The van der Waals surface area contributed by atoms with Gasteiger partial charge < -0.3 is 4.74 Å². The summed E-state index contributed by atoms with van der Waals surface area (Å²) >= 11 is 6.80.